The van der Waals surface area contributed by atoms with E-state index < -0.39 is 10.0 Å². The first kappa shape index (κ1) is 14.5. The fourth-order valence-electron chi connectivity index (χ4n) is 3.06. The van der Waals surface area contributed by atoms with E-state index in [4.69, 9.17) is 0 Å². The molecule has 112 valence electrons. The maximum absolute atomic E-state index is 13.1. The number of benzene rings is 2. The van der Waals surface area contributed by atoms with Crippen LogP contribution in [0.15, 0.2) is 47.4 Å². The van der Waals surface area contributed by atoms with E-state index in [1.165, 1.54) is 0 Å². The molecule has 1 heterocycles. The average Bonchev–Trinajstić information content (AvgIpc) is 3.01. The van der Waals surface area contributed by atoms with E-state index in [1.54, 1.807) is 10.4 Å². The summed E-state index contributed by atoms with van der Waals surface area (Å²) in [5, 5.41) is 5.00. The van der Waals surface area contributed by atoms with Gasteiger partial charge in [-0.2, -0.15) is 4.31 Å². The van der Waals surface area contributed by atoms with Gasteiger partial charge in [-0.1, -0.05) is 43.3 Å². The molecule has 1 atom stereocenters. The standard InChI is InChI=1S/C16H20N2O2S/c1-2-18(14-10-11-17-12-14)21(19,20)16-9-5-7-13-6-3-4-8-15(13)16/h3-9,14,17H,2,10-12H2,1H3. The number of hydrogen-bond donors (Lipinski definition) is 1. The van der Waals surface area contributed by atoms with Crippen molar-refractivity contribution in [3.8, 4) is 0 Å². The summed E-state index contributed by atoms with van der Waals surface area (Å²) < 4.78 is 27.8. The monoisotopic (exact) mass is 304 g/mol. The minimum atomic E-state index is -3.47. The predicted molar refractivity (Wildman–Crippen MR) is 84.8 cm³/mol. The van der Waals surface area contributed by atoms with E-state index in [-0.39, 0.29) is 6.04 Å². The van der Waals surface area contributed by atoms with Crippen LogP contribution in [-0.2, 0) is 10.0 Å². The molecular formula is C16H20N2O2S. The van der Waals surface area contributed by atoms with Crippen molar-refractivity contribution in [1.82, 2.24) is 9.62 Å². The highest BCUT2D eigenvalue weighted by Gasteiger charge is 2.32. The number of fused-ring (bicyclic) bond motifs is 1. The largest absolute Gasteiger partial charge is 0.315 e. The molecule has 1 aliphatic heterocycles. The van der Waals surface area contributed by atoms with Gasteiger partial charge in [0.05, 0.1) is 4.90 Å². The predicted octanol–water partition coefficient (Wildman–Crippen LogP) is 2.21. The first-order valence-corrected chi connectivity index (χ1v) is 8.79. The summed E-state index contributed by atoms with van der Waals surface area (Å²) in [5.74, 6) is 0. The lowest BCUT2D eigenvalue weighted by molar-refractivity contribution is 0.349. The Hall–Kier alpha value is -1.43. The molecule has 0 amide bonds. The van der Waals surface area contributed by atoms with Gasteiger partial charge in [-0.15, -0.1) is 0 Å². The van der Waals surface area contributed by atoms with Crippen LogP contribution < -0.4 is 5.32 Å². The van der Waals surface area contributed by atoms with Crippen LogP contribution in [0, 0.1) is 0 Å². The van der Waals surface area contributed by atoms with Crippen LogP contribution in [0.3, 0.4) is 0 Å². The lowest BCUT2D eigenvalue weighted by Gasteiger charge is -2.26. The Morgan fingerprint density at radius 2 is 1.95 bits per heavy atom. The summed E-state index contributed by atoms with van der Waals surface area (Å²) in [4.78, 5) is 0.411. The van der Waals surface area contributed by atoms with Gasteiger partial charge < -0.3 is 5.32 Å². The Kier molecular flexibility index (Phi) is 3.97. The SMILES string of the molecule is CCN(C1CCNC1)S(=O)(=O)c1cccc2ccccc12. The van der Waals surface area contributed by atoms with Gasteiger partial charge in [0.15, 0.2) is 0 Å². The number of hydrogen-bond acceptors (Lipinski definition) is 3. The van der Waals surface area contributed by atoms with Gasteiger partial charge in [0.25, 0.3) is 0 Å². The van der Waals surface area contributed by atoms with E-state index in [1.807, 2.05) is 43.3 Å². The second kappa shape index (κ2) is 5.75. The van der Waals surface area contributed by atoms with Crippen LogP contribution in [0.25, 0.3) is 10.8 Å². The Morgan fingerprint density at radius 1 is 1.19 bits per heavy atom. The Bertz CT molecular complexity index is 732. The van der Waals surface area contributed by atoms with Crippen LogP contribution in [0.1, 0.15) is 13.3 Å². The maximum Gasteiger partial charge on any atom is 0.243 e. The number of likely N-dealkylation sites (N-methyl/N-ethyl adjacent to an activating group) is 1. The molecule has 2 aromatic carbocycles. The summed E-state index contributed by atoms with van der Waals surface area (Å²) >= 11 is 0. The highest BCUT2D eigenvalue weighted by molar-refractivity contribution is 7.89. The minimum Gasteiger partial charge on any atom is -0.315 e. The van der Waals surface area contributed by atoms with Gasteiger partial charge in [-0.3, -0.25) is 0 Å². The van der Waals surface area contributed by atoms with Crippen LogP contribution in [0.2, 0.25) is 0 Å². The summed E-state index contributed by atoms with van der Waals surface area (Å²) in [6.45, 7) is 4.02. The molecule has 21 heavy (non-hydrogen) atoms. The van der Waals surface area contributed by atoms with E-state index in [0.29, 0.717) is 11.4 Å². The molecule has 2 aromatic rings. The maximum atomic E-state index is 13.1. The Labute approximate surface area is 125 Å². The quantitative estimate of drug-likeness (QED) is 0.942. The zero-order valence-corrected chi connectivity index (χ0v) is 12.9. The van der Waals surface area contributed by atoms with Gasteiger partial charge >= 0.3 is 0 Å². The highest BCUT2D eigenvalue weighted by atomic mass is 32.2. The molecule has 0 aliphatic carbocycles. The summed E-state index contributed by atoms with van der Waals surface area (Å²) in [6.07, 6.45) is 0.873. The molecule has 0 spiro atoms. The van der Waals surface area contributed by atoms with E-state index in [2.05, 4.69) is 5.32 Å². The molecule has 1 N–H and O–H groups in total. The third-order valence-electron chi connectivity index (χ3n) is 4.09. The third-order valence-corrected chi connectivity index (χ3v) is 6.18. The van der Waals surface area contributed by atoms with Crippen molar-refractivity contribution in [3.63, 3.8) is 0 Å². The molecular weight excluding hydrogens is 284 g/mol. The number of nitrogens with zero attached hydrogens (tertiary/aromatic N) is 1. The second-order valence-electron chi connectivity index (χ2n) is 5.33. The number of nitrogens with one attached hydrogen (secondary N) is 1. The number of rotatable bonds is 4. The van der Waals surface area contributed by atoms with Crippen LogP contribution in [0.4, 0.5) is 0 Å². The Morgan fingerprint density at radius 3 is 2.67 bits per heavy atom. The zero-order valence-electron chi connectivity index (χ0n) is 12.1. The summed E-state index contributed by atoms with van der Waals surface area (Å²) in [7, 11) is -3.47. The molecule has 1 unspecified atom stereocenters. The van der Waals surface area contributed by atoms with Crippen molar-refractivity contribution in [1.29, 1.82) is 0 Å². The van der Waals surface area contributed by atoms with E-state index >= 15 is 0 Å². The molecule has 1 fully saturated rings. The first-order chi connectivity index (χ1) is 10.1. The smallest absolute Gasteiger partial charge is 0.243 e. The van der Waals surface area contributed by atoms with Crippen molar-refractivity contribution in [2.24, 2.45) is 0 Å². The average molecular weight is 304 g/mol. The minimum absolute atomic E-state index is 0.0546. The first-order valence-electron chi connectivity index (χ1n) is 7.35. The van der Waals surface area contributed by atoms with E-state index in [0.717, 1.165) is 30.3 Å². The van der Waals surface area contributed by atoms with Crippen LogP contribution in [-0.4, -0.2) is 38.4 Å². The third kappa shape index (κ3) is 2.57. The van der Waals surface area contributed by atoms with Gasteiger partial charge in [0.2, 0.25) is 10.0 Å². The fourth-order valence-corrected chi connectivity index (χ4v) is 4.94. The normalized spacial score (nSPS) is 19.4. The fraction of sp³-hybridized carbons (Fsp3) is 0.375. The molecule has 0 radical (unpaired) electrons. The van der Waals surface area contributed by atoms with Crippen molar-refractivity contribution in [2.75, 3.05) is 19.6 Å². The molecule has 3 rings (SSSR count). The van der Waals surface area contributed by atoms with Crippen molar-refractivity contribution in [3.05, 3.63) is 42.5 Å². The van der Waals surface area contributed by atoms with Crippen LogP contribution >= 0.6 is 0 Å². The lowest BCUT2D eigenvalue weighted by atomic mass is 10.1. The Balaban J connectivity index is 2.11. The van der Waals surface area contributed by atoms with Gasteiger partial charge in [0.1, 0.15) is 0 Å². The molecule has 4 nitrogen and oxygen atoms in total. The summed E-state index contributed by atoms with van der Waals surface area (Å²) in [5.41, 5.74) is 0. The van der Waals surface area contributed by atoms with E-state index in [9.17, 15) is 8.42 Å². The van der Waals surface area contributed by atoms with Crippen LogP contribution in [0.5, 0.6) is 0 Å². The second-order valence-corrected chi connectivity index (χ2v) is 7.19. The number of sulfonamides is 1. The van der Waals surface area contributed by atoms with Crippen molar-refractivity contribution in [2.45, 2.75) is 24.3 Å². The van der Waals surface area contributed by atoms with Gasteiger partial charge in [-0.25, -0.2) is 8.42 Å². The van der Waals surface area contributed by atoms with Gasteiger partial charge in [-0.05, 0) is 24.4 Å². The topological polar surface area (TPSA) is 49.4 Å². The molecule has 1 aliphatic rings. The highest BCUT2D eigenvalue weighted by Crippen LogP contribution is 2.27. The zero-order chi connectivity index (χ0) is 14.9. The van der Waals surface area contributed by atoms with Crippen molar-refractivity contribution < 1.29 is 8.42 Å². The molecule has 0 bridgehead atoms. The molecule has 0 aromatic heterocycles. The van der Waals surface area contributed by atoms with Crippen molar-refractivity contribution >= 4 is 20.8 Å². The summed E-state index contributed by atoms with van der Waals surface area (Å²) in [6, 6.07) is 13.2. The molecule has 1 saturated heterocycles. The van der Waals surface area contributed by atoms with Gasteiger partial charge in [0, 0.05) is 24.5 Å². The molecule has 0 saturated carbocycles. The molecule has 5 heteroatoms. The lowest BCUT2D eigenvalue weighted by Crippen LogP contribution is -2.41.